The Morgan fingerprint density at radius 2 is 1.63 bits per heavy atom. The van der Waals surface area contributed by atoms with E-state index in [9.17, 15) is 14.9 Å². The summed E-state index contributed by atoms with van der Waals surface area (Å²) < 4.78 is 5.09. The third-order valence-corrected chi connectivity index (χ3v) is 4.24. The number of ether oxygens (including phenoxy) is 1. The fourth-order valence-corrected chi connectivity index (χ4v) is 2.61. The zero-order valence-corrected chi connectivity index (χ0v) is 16.2. The van der Waals surface area contributed by atoms with E-state index in [0.717, 1.165) is 11.1 Å². The van der Waals surface area contributed by atoms with Crippen molar-refractivity contribution in [3.63, 3.8) is 0 Å². The van der Waals surface area contributed by atoms with Crippen LogP contribution in [0.2, 0.25) is 0 Å². The van der Waals surface area contributed by atoms with Crippen LogP contribution >= 0.6 is 0 Å². The number of nitrogens with zero attached hydrogens (tertiary/aromatic N) is 2. The summed E-state index contributed by atoms with van der Waals surface area (Å²) in [6.45, 7) is 0. The van der Waals surface area contributed by atoms with Gasteiger partial charge in [-0.05, 0) is 48.0 Å². The van der Waals surface area contributed by atoms with E-state index < -0.39 is 4.92 Å². The molecule has 0 aliphatic heterocycles. The lowest BCUT2D eigenvalue weighted by atomic mass is 10.1. The van der Waals surface area contributed by atoms with Crippen LogP contribution in [-0.2, 0) is 0 Å². The van der Waals surface area contributed by atoms with Crippen molar-refractivity contribution in [3.05, 3.63) is 112 Å². The van der Waals surface area contributed by atoms with Crippen molar-refractivity contribution in [1.29, 1.82) is 0 Å². The molecule has 150 valence electrons. The molecule has 0 saturated heterocycles. The fraction of sp³-hybridized carbons (Fsp3) is 0.0435. The van der Waals surface area contributed by atoms with Crippen LogP contribution in [0.4, 0.5) is 5.69 Å². The molecule has 3 aromatic carbocycles. The highest BCUT2D eigenvalue weighted by atomic mass is 16.6. The number of non-ortho nitro benzene ring substituents is 1. The normalized spacial score (nSPS) is 11.3. The monoisotopic (exact) mass is 401 g/mol. The molecule has 0 atom stereocenters. The van der Waals surface area contributed by atoms with Gasteiger partial charge in [-0.15, -0.1) is 0 Å². The lowest BCUT2D eigenvalue weighted by Gasteiger charge is -2.05. The molecule has 1 N–H and O–H groups in total. The average molecular weight is 401 g/mol. The predicted octanol–water partition coefficient (Wildman–Crippen LogP) is 4.45. The highest BCUT2D eigenvalue weighted by molar-refractivity contribution is 6.11. The number of hydrogen-bond donors (Lipinski definition) is 1. The number of carbonyl (C=O) groups excluding carboxylic acids is 1. The van der Waals surface area contributed by atoms with E-state index in [-0.39, 0.29) is 11.6 Å². The Kier molecular flexibility index (Phi) is 6.68. The van der Waals surface area contributed by atoms with Gasteiger partial charge in [0.2, 0.25) is 0 Å². The summed E-state index contributed by atoms with van der Waals surface area (Å²) in [6.07, 6.45) is 3.51. The van der Waals surface area contributed by atoms with Crippen molar-refractivity contribution >= 4 is 23.4 Å². The number of methoxy groups -OCH3 is 1. The number of hydrogen-bond acceptors (Lipinski definition) is 5. The molecule has 30 heavy (non-hydrogen) atoms. The van der Waals surface area contributed by atoms with Crippen molar-refractivity contribution in [3.8, 4) is 5.75 Å². The fourth-order valence-electron chi connectivity index (χ4n) is 2.61. The van der Waals surface area contributed by atoms with Gasteiger partial charge in [0.25, 0.3) is 11.6 Å². The summed E-state index contributed by atoms with van der Waals surface area (Å²) in [5.74, 6) is 0.306. The van der Waals surface area contributed by atoms with Crippen molar-refractivity contribution in [2.75, 3.05) is 7.11 Å². The lowest BCUT2D eigenvalue weighted by molar-refractivity contribution is -0.384. The molecule has 0 saturated carbocycles. The molecular formula is C23H19N3O4. The Bertz CT molecular complexity index is 1070. The Hall–Kier alpha value is -4.26. The average Bonchev–Trinajstić information content (AvgIpc) is 2.80. The Morgan fingerprint density at radius 3 is 2.23 bits per heavy atom. The van der Waals surface area contributed by atoms with Gasteiger partial charge in [-0.2, -0.15) is 5.10 Å². The van der Waals surface area contributed by atoms with E-state index in [1.54, 1.807) is 55.7 Å². The Labute approximate surface area is 173 Å². The molecule has 0 aliphatic carbocycles. The zero-order chi connectivity index (χ0) is 21.3. The highest BCUT2D eigenvalue weighted by Crippen LogP contribution is 2.14. The first-order valence-electron chi connectivity index (χ1n) is 9.07. The van der Waals surface area contributed by atoms with Crippen LogP contribution < -0.4 is 10.2 Å². The number of hydrazone groups is 1. The standard InChI is InChI=1S/C23H19N3O4/c1-30-21-14-10-19(11-15-21)23(27)25-24-22(18-5-3-2-4-6-18)16-9-17-7-12-20(13-8-17)26(28)29/h2-16H,1H3,(H,25,27)/b16-9+,24-22+. The van der Waals surface area contributed by atoms with Crippen LogP contribution in [-0.4, -0.2) is 23.7 Å². The smallest absolute Gasteiger partial charge is 0.271 e. The van der Waals surface area contributed by atoms with E-state index in [1.165, 1.54) is 12.1 Å². The molecule has 3 rings (SSSR count). The van der Waals surface area contributed by atoms with Crippen LogP contribution in [0.3, 0.4) is 0 Å². The van der Waals surface area contributed by atoms with Crippen LogP contribution in [0.1, 0.15) is 21.5 Å². The van der Waals surface area contributed by atoms with E-state index in [0.29, 0.717) is 17.0 Å². The molecule has 1 amide bonds. The van der Waals surface area contributed by atoms with Gasteiger partial charge in [0.1, 0.15) is 5.75 Å². The van der Waals surface area contributed by atoms with Crippen LogP contribution in [0.5, 0.6) is 5.75 Å². The second-order valence-corrected chi connectivity index (χ2v) is 6.21. The predicted molar refractivity (Wildman–Crippen MR) is 116 cm³/mol. The first-order chi connectivity index (χ1) is 14.6. The summed E-state index contributed by atoms with van der Waals surface area (Å²) in [5.41, 5.74) is 5.15. The summed E-state index contributed by atoms with van der Waals surface area (Å²) in [5, 5.41) is 15.1. The quantitative estimate of drug-likeness (QED) is 0.359. The van der Waals surface area contributed by atoms with Crippen molar-refractivity contribution < 1.29 is 14.5 Å². The number of nitro benzene ring substituents is 1. The maximum atomic E-state index is 12.4. The molecule has 3 aromatic rings. The topological polar surface area (TPSA) is 93.8 Å². The largest absolute Gasteiger partial charge is 0.497 e. The number of nitro groups is 1. The van der Waals surface area contributed by atoms with Crippen LogP contribution in [0.25, 0.3) is 6.08 Å². The summed E-state index contributed by atoms with van der Waals surface area (Å²) in [4.78, 5) is 22.7. The number of benzene rings is 3. The van der Waals surface area contributed by atoms with Crippen LogP contribution in [0, 0.1) is 10.1 Å². The third-order valence-electron chi connectivity index (χ3n) is 4.24. The Balaban J connectivity index is 1.81. The molecule has 7 nitrogen and oxygen atoms in total. The Morgan fingerprint density at radius 1 is 0.967 bits per heavy atom. The molecule has 0 heterocycles. The second-order valence-electron chi connectivity index (χ2n) is 6.21. The minimum atomic E-state index is -0.445. The maximum Gasteiger partial charge on any atom is 0.271 e. The maximum absolute atomic E-state index is 12.4. The lowest BCUT2D eigenvalue weighted by Crippen LogP contribution is -2.19. The van der Waals surface area contributed by atoms with E-state index in [4.69, 9.17) is 4.74 Å². The second kappa shape index (κ2) is 9.79. The minimum Gasteiger partial charge on any atom is -0.497 e. The van der Waals surface area contributed by atoms with Crippen LogP contribution in [0.15, 0.2) is 90.0 Å². The van der Waals surface area contributed by atoms with Gasteiger partial charge in [-0.3, -0.25) is 14.9 Å². The zero-order valence-electron chi connectivity index (χ0n) is 16.2. The van der Waals surface area contributed by atoms with Gasteiger partial charge in [0.05, 0.1) is 17.7 Å². The molecular weight excluding hydrogens is 382 g/mol. The molecule has 0 unspecified atom stereocenters. The number of nitrogens with one attached hydrogen (secondary N) is 1. The third kappa shape index (κ3) is 5.39. The van der Waals surface area contributed by atoms with Crippen molar-refractivity contribution in [2.24, 2.45) is 5.10 Å². The minimum absolute atomic E-state index is 0.0239. The summed E-state index contributed by atoms with van der Waals surface area (Å²) in [6, 6.07) is 22.2. The van der Waals surface area contributed by atoms with E-state index in [1.807, 2.05) is 30.3 Å². The van der Waals surface area contributed by atoms with E-state index in [2.05, 4.69) is 10.5 Å². The number of carbonyl (C=O) groups is 1. The molecule has 0 radical (unpaired) electrons. The van der Waals surface area contributed by atoms with Gasteiger partial charge in [0.15, 0.2) is 0 Å². The number of amides is 1. The van der Waals surface area contributed by atoms with Crippen molar-refractivity contribution in [2.45, 2.75) is 0 Å². The molecule has 0 aliphatic rings. The molecule has 0 spiro atoms. The number of rotatable bonds is 7. The van der Waals surface area contributed by atoms with Gasteiger partial charge < -0.3 is 4.74 Å². The highest BCUT2D eigenvalue weighted by Gasteiger charge is 2.07. The van der Waals surface area contributed by atoms with Gasteiger partial charge in [0, 0.05) is 23.3 Å². The number of allylic oxidation sites excluding steroid dienone is 1. The van der Waals surface area contributed by atoms with E-state index >= 15 is 0 Å². The van der Waals surface area contributed by atoms with Crippen molar-refractivity contribution in [1.82, 2.24) is 5.43 Å². The van der Waals surface area contributed by atoms with Gasteiger partial charge >= 0.3 is 0 Å². The SMILES string of the molecule is COc1ccc(C(=O)N/N=C(\C=C\c2ccc([N+](=O)[O-])cc2)c2ccccc2)cc1. The molecule has 0 aromatic heterocycles. The van der Waals surface area contributed by atoms with Gasteiger partial charge in [-0.1, -0.05) is 36.4 Å². The molecule has 7 heteroatoms. The first-order valence-corrected chi connectivity index (χ1v) is 9.07. The summed E-state index contributed by atoms with van der Waals surface area (Å²) in [7, 11) is 1.56. The van der Waals surface area contributed by atoms with Gasteiger partial charge in [-0.25, -0.2) is 5.43 Å². The first kappa shape index (κ1) is 20.5. The summed E-state index contributed by atoms with van der Waals surface area (Å²) >= 11 is 0. The molecule has 0 fully saturated rings. The molecule has 0 bridgehead atoms.